The molecule has 2 fully saturated rings. The van der Waals surface area contributed by atoms with Crippen LogP contribution in [0.1, 0.15) is 29.6 Å². The van der Waals surface area contributed by atoms with Gasteiger partial charge in [0.15, 0.2) is 0 Å². The molecule has 0 spiro atoms. The monoisotopic (exact) mass is 351 g/mol. The number of carbonyl (C=O) groups is 3. The summed E-state index contributed by atoms with van der Waals surface area (Å²) < 4.78 is 4.75. The maximum atomic E-state index is 12.6. The molecule has 0 radical (unpaired) electrons. The zero-order valence-electron chi connectivity index (χ0n) is 13.5. The molecule has 1 aromatic rings. The summed E-state index contributed by atoms with van der Waals surface area (Å²) in [6.45, 7) is 2.15. The second kappa shape index (κ2) is 7.31. The number of piperidine rings is 1. The van der Waals surface area contributed by atoms with E-state index in [0.29, 0.717) is 23.5 Å². The maximum Gasteiger partial charge on any atom is 0.340 e. The number of nitrogens with one attached hydrogen (secondary N) is 2. The number of carbonyl (C=O) groups excluding carboxylic acids is 3. The van der Waals surface area contributed by atoms with Crippen LogP contribution in [0.4, 0.5) is 5.00 Å². The number of nitrogens with zero attached hydrogens (tertiary/aromatic N) is 1. The molecule has 1 aromatic heterocycles. The number of thiophene rings is 1. The lowest BCUT2D eigenvalue weighted by molar-refractivity contribution is -0.129. The summed E-state index contributed by atoms with van der Waals surface area (Å²) in [5.41, 5.74) is 0.390. The van der Waals surface area contributed by atoms with E-state index >= 15 is 0 Å². The number of hydrogen-bond donors (Lipinski definition) is 2. The quantitative estimate of drug-likeness (QED) is 0.782. The van der Waals surface area contributed by atoms with Gasteiger partial charge in [0.2, 0.25) is 11.8 Å². The summed E-state index contributed by atoms with van der Waals surface area (Å²) in [6.07, 6.45) is 2.15. The fourth-order valence-corrected chi connectivity index (χ4v) is 4.08. The Morgan fingerprint density at radius 1 is 1.33 bits per heavy atom. The molecule has 1 atom stereocenters. The Kier molecular flexibility index (Phi) is 5.15. The van der Waals surface area contributed by atoms with Crippen molar-refractivity contribution in [3.05, 3.63) is 17.0 Å². The smallest absolute Gasteiger partial charge is 0.340 e. The highest BCUT2D eigenvalue weighted by Gasteiger charge is 2.37. The lowest BCUT2D eigenvalue weighted by atomic mass is 9.97. The first kappa shape index (κ1) is 16.9. The molecule has 0 bridgehead atoms. The van der Waals surface area contributed by atoms with Crippen LogP contribution < -0.4 is 15.5 Å². The molecule has 1 unspecified atom stereocenters. The van der Waals surface area contributed by atoms with E-state index in [1.54, 1.807) is 16.3 Å². The Morgan fingerprint density at radius 2 is 2.08 bits per heavy atom. The van der Waals surface area contributed by atoms with Crippen molar-refractivity contribution in [3.63, 3.8) is 0 Å². The Balaban J connectivity index is 1.66. The highest BCUT2D eigenvalue weighted by Crippen LogP contribution is 2.32. The van der Waals surface area contributed by atoms with Crippen molar-refractivity contribution in [3.8, 4) is 0 Å². The van der Waals surface area contributed by atoms with Crippen LogP contribution in [0.2, 0.25) is 0 Å². The number of anilines is 1. The second-order valence-corrected chi connectivity index (χ2v) is 6.89. The fraction of sp³-hybridized carbons (Fsp3) is 0.562. The molecule has 3 rings (SSSR count). The highest BCUT2D eigenvalue weighted by molar-refractivity contribution is 7.14. The van der Waals surface area contributed by atoms with Gasteiger partial charge in [0, 0.05) is 12.5 Å². The van der Waals surface area contributed by atoms with E-state index in [4.69, 9.17) is 4.74 Å². The average molecular weight is 351 g/mol. The first-order valence-corrected chi connectivity index (χ1v) is 8.98. The topological polar surface area (TPSA) is 87.7 Å². The van der Waals surface area contributed by atoms with Gasteiger partial charge in [0.1, 0.15) is 11.0 Å². The highest BCUT2D eigenvalue weighted by atomic mass is 32.1. The van der Waals surface area contributed by atoms with E-state index in [0.717, 1.165) is 25.9 Å². The Labute approximate surface area is 144 Å². The van der Waals surface area contributed by atoms with Crippen molar-refractivity contribution in [1.29, 1.82) is 0 Å². The van der Waals surface area contributed by atoms with E-state index in [1.807, 2.05) is 0 Å². The van der Waals surface area contributed by atoms with Gasteiger partial charge >= 0.3 is 5.97 Å². The van der Waals surface area contributed by atoms with Crippen LogP contribution in [-0.4, -0.2) is 50.6 Å². The zero-order chi connectivity index (χ0) is 17.1. The van der Waals surface area contributed by atoms with Crippen molar-refractivity contribution in [2.75, 3.05) is 31.6 Å². The SMILES string of the molecule is COC(=O)c1ccsc1N1CCC(NC(=O)C2CCNCC2)C1=O. The third-order valence-corrected chi connectivity index (χ3v) is 5.46. The Bertz CT molecular complexity index is 639. The van der Waals surface area contributed by atoms with Gasteiger partial charge in [-0.15, -0.1) is 11.3 Å². The van der Waals surface area contributed by atoms with Crippen LogP contribution in [-0.2, 0) is 14.3 Å². The maximum absolute atomic E-state index is 12.6. The minimum atomic E-state index is -0.514. The van der Waals surface area contributed by atoms with E-state index < -0.39 is 12.0 Å². The third-order valence-electron chi connectivity index (χ3n) is 4.53. The van der Waals surface area contributed by atoms with Crippen molar-refractivity contribution in [2.45, 2.75) is 25.3 Å². The van der Waals surface area contributed by atoms with Gasteiger partial charge in [0.25, 0.3) is 0 Å². The standard InChI is InChI=1S/C16H21N3O4S/c1-23-16(22)11-5-9-24-15(11)19-8-4-12(14(19)21)18-13(20)10-2-6-17-7-3-10/h5,9-10,12,17H,2-4,6-8H2,1H3,(H,18,20). The lowest BCUT2D eigenvalue weighted by Gasteiger charge is -2.23. The zero-order valence-corrected chi connectivity index (χ0v) is 14.4. The predicted octanol–water partition coefficient (Wildman–Crippen LogP) is 0.756. The number of rotatable bonds is 4. The van der Waals surface area contributed by atoms with Crippen molar-refractivity contribution in [2.24, 2.45) is 5.92 Å². The molecule has 8 heteroatoms. The largest absolute Gasteiger partial charge is 0.465 e. The Morgan fingerprint density at radius 3 is 2.79 bits per heavy atom. The predicted molar refractivity (Wildman–Crippen MR) is 90.2 cm³/mol. The van der Waals surface area contributed by atoms with Gasteiger partial charge in [-0.3, -0.25) is 9.59 Å². The second-order valence-electron chi connectivity index (χ2n) is 6.00. The van der Waals surface area contributed by atoms with Gasteiger partial charge in [-0.05, 0) is 43.8 Å². The van der Waals surface area contributed by atoms with Gasteiger partial charge < -0.3 is 20.3 Å². The summed E-state index contributed by atoms with van der Waals surface area (Å²) >= 11 is 1.33. The molecule has 2 saturated heterocycles. The summed E-state index contributed by atoms with van der Waals surface area (Å²) in [5, 5.41) is 8.45. The number of ether oxygens (including phenoxy) is 1. The van der Waals surface area contributed by atoms with Gasteiger partial charge in [0.05, 0.1) is 12.7 Å². The van der Waals surface area contributed by atoms with Crippen LogP contribution >= 0.6 is 11.3 Å². The van der Waals surface area contributed by atoms with Crippen LogP contribution in [0.25, 0.3) is 0 Å². The molecule has 2 aliphatic rings. The van der Waals surface area contributed by atoms with Crippen molar-refractivity contribution in [1.82, 2.24) is 10.6 Å². The molecule has 0 aliphatic carbocycles. The molecule has 2 aliphatic heterocycles. The molecule has 0 saturated carbocycles. The van der Waals surface area contributed by atoms with E-state index in [2.05, 4.69) is 10.6 Å². The van der Waals surface area contributed by atoms with E-state index in [1.165, 1.54) is 18.4 Å². The van der Waals surface area contributed by atoms with Crippen LogP contribution in [0.5, 0.6) is 0 Å². The average Bonchev–Trinajstić information content (AvgIpc) is 3.22. The minimum Gasteiger partial charge on any atom is -0.465 e. The lowest BCUT2D eigenvalue weighted by Crippen LogP contribution is -2.46. The van der Waals surface area contributed by atoms with Crippen molar-refractivity contribution >= 4 is 34.1 Å². The first-order valence-electron chi connectivity index (χ1n) is 8.10. The van der Waals surface area contributed by atoms with Crippen molar-refractivity contribution < 1.29 is 19.1 Å². The fourth-order valence-electron chi connectivity index (χ4n) is 3.16. The Hall–Kier alpha value is -1.93. The van der Waals surface area contributed by atoms with Crippen LogP contribution in [0.15, 0.2) is 11.4 Å². The van der Waals surface area contributed by atoms with Gasteiger partial charge in [-0.25, -0.2) is 4.79 Å². The molecular formula is C16H21N3O4S. The number of amides is 2. The summed E-state index contributed by atoms with van der Waals surface area (Å²) in [7, 11) is 1.32. The van der Waals surface area contributed by atoms with E-state index in [-0.39, 0.29) is 17.7 Å². The summed E-state index contributed by atoms with van der Waals surface area (Å²) in [6, 6.07) is 1.14. The first-order chi connectivity index (χ1) is 11.6. The summed E-state index contributed by atoms with van der Waals surface area (Å²) in [5.74, 6) is -0.692. The minimum absolute atomic E-state index is 0.0273. The van der Waals surface area contributed by atoms with E-state index in [9.17, 15) is 14.4 Å². The number of esters is 1. The van der Waals surface area contributed by atoms with Gasteiger partial charge in [-0.2, -0.15) is 0 Å². The molecular weight excluding hydrogens is 330 g/mol. The van der Waals surface area contributed by atoms with Crippen LogP contribution in [0, 0.1) is 5.92 Å². The molecule has 2 amide bonds. The third kappa shape index (κ3) is 3.29. The number of methoxy groups -OCH3 is 1. The number of hydrogen-bond acceptors (Lipinski definition) is 6. The normalized spacial score (nSPS) is 21.8. The summed E-state index contributed by atoms with van der Waals surface area (Å²) in [4.78, 5) is 38.3. The molecule has 130 valence electrons. The van der Waals surface area contributed by atoms with Gasteiger partial charge in [-0.1, -0.05) is 0 Å². The molecule has 0 aromatic carbocycles. The molecule has 24 heavy (non-hydrogen) atoms. The molecule has 3 heterocycles. The molecule has 2 N–H and O–H groups in total. The van der Waals surface area contributed by atoms with Crippen LogP contribution in [0.3, 0.4) is 0 Å². The molecule has 7 nitrogen and oxygen atoms in total.